The zero-order valence-corrected chi connectivity index (χ0v) is 14.0. The molecule has 1 heterocycles. The number of tetrazole rings is 1. The van der Waals surface area contributed by atoms with Crippen molar-refractivity contribution >= 4 is 23.4 Å². The molecule has 25 heavy (non-hydrogen) atoms. The van der Waals surface area contributed by atoms with Crippen LogP contribution >= 0.6 is 11.8 Å². The quantitative estimate of drug-likeness (QED) is 0.681. The average molecular weight is 359 g/mol. The van der Waals surface area contributed by atoms with Gasteiger partial charge in [-0.05, 0) is 40.8 Å². The number of aromatic nitrogens is 4. The van der Waals surface area contributed by atoms with Crippen LogP contribution in [0.1, 0.15) is 0 Å². The first-order chi connectivity index (χ1) is 12.2. The number of nitrogens with zero attached hydrogens (tertiary/aromatic N) is 4. The Kier molecular flexibility index (Phi) is 5.24. The molecule has 0 bridgehead atoms. The van der Waals surface area contributed by atoms with Crippen molar-refractivity contribution in [3.05, 3.63) is 54.3 Å². The third-order valence-electron chi connectivity index (χ3n) is 3.18. The van der Waals surface area contributed by atoms with E-state index in [1.807, 2.05) is 0 Å². The average Bonchev–Trinajstić information content (AvgIpc) is 3.09. The van der Waals surface area contributed by atoms with Gasteiger partial charge in [0.25, 0.3) is 0 Å². The Morgan fingerprint density at radius 2 is 2.12 bits per heavy atom. The third-order valence-corrected chi connectivity index (χ3v) is 4.10. The Hall–Kier alpha value is -2.94. The summed E-state index contributed by atoms with van der Waals surface area (Å²) in [6, 6.07) is 13.0. The van der Waals surface area contributed by atoms with Crippen molar-refractivity contribution < 1.29 is 13.9 Å². The number of ether oxygens (including phenoxy) is 1. The summed E-state index contributed by atoms with van der Waals surface area (Å²) in [6.07, 6.45) is 0. The summed E-state index contributed by atoms with van der Waals surface area (Å²) >= 11 is 1.15. The lowest BCUT2D eigenvalue weighted by Crippen LogP contribution is -2.14. The van der Waals surface area contributed by atoms with E-state index in [0.717, 1.165) is 11.8 Å². The van der Waals surface area contributed by atoms with Gasteiger partial charge in [0.1, 0.15) is 11.6 Å². The number of amides is 1. The third kappa shape index (κ3) is 4.32. The molecule has 1 N–H and O–H groups in total. The first-order valence-corrected chi connectivity index (χ1v) is 8.25. The van der Waals surface area contributed by atoms with Gasteiger partial charge < -0.3 is 10.1 Å². The Morgan fingerprint density at radius 3 is 2.92 bits per heavy atom. The van der Waals surface area contributed by atoms with Gasteiger partial charge in [0.2, 0.25) is 11.1 Å². The summed E-state index contributed by atoms with van der Waals surface area (Å²) < 4.78 is 19.8. The number of benzene rings is 2. The van der Waals surface area contributed by atoms with Crippen LogP contribution < -0.4 is 10.1 Å². The molecule has 3 aromatic rings. The SMILES string of the molecule is COc1cccc(NC(=O)CSc2nnnn2-c2cccc(F)c2)c1. The number of hydrogen-bond acceptors (Lipinski definition) is 6. The van der Waals surface area contributed by atoms with Crippen LogP contribution in [0.5, 0.6) is 5.75 Å². The van der Waals surface area contributed by atoms with E-state index in [2.05, 4.69) is 20.8 Å². The molecule has 1 aromatic heterocycles. The molecule has 128 valence electrons. The summed E-state index contributed by atoms with van der Waals surface area (Å²) in [5.74, 6) is 0.152. The molecular formula is C16H14FN5O2S. The number of nitrogens with one attached hydrogen (secondary N) is 1. The van der Waals surface area contributed by atoms with Gasteiger partial charge in [-0.25, -0.2) is 4.39 Å². The fraction of sp³-hybridized carbons (Fsp3) is 0.125. The highest BCUT2D eigenvalue weighted by atomic mass is 32.2. The van der Waals surface area contributed by atoms with Crippen LogP contribution in [0, 0.1) is 5.82 Å². The lowest BCUT2D eigenvalue weighted by Gasteiger charge is -2.07. The number of methoxy groups -OCH3 is 1. The first-order valence-electron chi connectivity index (χ1n) is 7.27. The van der Waals surface area contributed by atoms with Crippen molar-refractivity contribution in [2.45, 2.75) is 5.16 Å². The number of rotatable bonds is 6. The van der Waals surface area contributed by atoms with Crippen LogP contribution in [0.3, 0.4) is 0 Å². The topological polar surface area (TPSA) is 81.9 Å². The summed E-state index contributed by atoms with van der Waals surface area (Å²) in [6.45, 7) is 0. The number of thioether (sulfide) groups is 1. The fourth-order valence-electron chi connectivity index (χ4n) is 2.07. The number of halogens is 1. The van der Waals surface area contributed by atoms with Crippen LogP contribution in [0.4, 0.5) is 10.1 Å². The van der Waals surface area contributed by atoms with Gasteiger partial charge in [-0.1, -0.05) is 23.9 Å². The zero-order valence-electron chi connectivity index (χ0n) is 13.2. The van der Waals surface area contributed by atoms with Crippen molar-refractivity contribution in [3.8, 4) is 11.4 Å². The van der Waals surface area contributed by atoms with Crippen molar-refractivity contribution in [2.24, 2.45) is 0 Å². The van der Waals surface area contributed by atoms with Crippen LogP contribution in [0.15, 0.2) is 53.7 Å². The van der Waals surface area contributed by atoms with Gasteiger partial charge in [0.15, 0.2) is 0 Å². The predicted octanol–water partition coefficient (Wildman–Crippen LogP) is 2.54. The molecule has 0 radical (unpaired) electrons. The smallest absolute Gasteiger partial charge is 0.234 e. The number of carbonyl (C=O) groups is 1. The molecule has 0 saturated carbocycles. The Labute approximate surface area is 147 Å². The number of anilines is 1. The van der Waals surface area contributed by atoms with E-state index in [4.69, 9.17) is 4.74 Å². The number of carbonyl (C=O) groups excluding carboxylic acids is 1. The summed E-state index contributed by atoms with van der Waals surface area (Å²) in [4.78, 5) is 12.1. The van der Waals surface area contributed by atoms with E-state index < -0.39 is 0 Å². The van der Waals surface area contributed by atoms with E-state index in [1.165, 1.54) is 16.8 Å². The molecule has 0 unspecified atom stereocenters. The highest BCUT2D eigenvalue weighted by Crippen LogP contribution is 2.20. The summed E-state index contributed by atoms with van der Waals surface area (Å²) in [7, 11) is 1.56. The lowest BCUT2D eigenvalue weighted by atomic mass is 10.3. The minimum Gasteiger partial charge on any atom is -0.497 e. The molecule has 2 aromatic carbocycles. The Balaban J connectivity index is 1.64. The van der Waals surface area contributed by atoms with E-state index in [-0.39, 0.29) is 17.5 Å². The molecule has 9 heteroatoms. The lowest BCUT2D eigenvalue weighted by molar-refractivity contribution is -0.113. The Bertz CT molecular complexity index is 886. The molecule has 0 aliphatic heterocycles. The first kappa shape index (κ1) is 16.9. The molecule has 0 spiro atoms. The normalized spacial score (nSPS) is 10.5. The summed E-state index contributed by atoms with van der Waals surface area (Å²) in [5, 5.41) is 14.5. The van der Waals surface area contributed by atoms with Crippen LogP contribution in [0.2, 0.25) is 0 Å². The maximum atomic E-state index is 13.3. The molecule has 0 aliphatic rings. The minimum atomic E-state index is -0.389. The van der Waals surface area contributed by atoms with Gasteiger partial charge in [0.05, 0.1) is 18.6 Å². The van der Waals surface area contributed by atoms with Gasteiger partial charge in [-0.15, -0.1) is 5.10 Å². The van der Waals surface area contributed by atoms with Gasteiger partial charge in [0, 0.05) is 11.8 Å². The van der Waals surface area contributed by atoms with Crippen LogP contribution in [-0.2, 0) is 4.79 Å². The van der Waals surface area contributed by atoms with Crippen LogP contribution in [0.25, 0.3) is 5.69 Å². The second kappa shape index (κ2) is 7.75. The van der Waals surface area contributed by atoms with Crippen molar-refractivity contribution in [2.75, 3.05) is 18.2 Å². The molecule has 0 saturated heterocycles. The molecule has 1 amide bonds. The summed E-state index contributed by atoms with van der Waals surface area (Å²) in [5.41, 5.74) is 1.12. The molecule has 0 fully saturated rings. The Morgan fingerprint density at radius 1 is 1.28 bits per heavy atom. The number of hydrogen-bond donors (Lipinski definition) is 1. The maximum Gasteiger partial charge on any atom is 0.234 e. The second-order valence-electron chi connectivity index (χ2n) is 4.92. The fourth-order valence-corrected chi connectivity index (χ4v) is 2.76. The van der Waals surface area contributed by atoms with Crippen molar-refractivity contribution in [3.63, 3.8) is 0 Å². The largest absolute Gasteiger partial charge is 0.497 e. The monoisotopic (exact) mass is 359 g/mol. The van der Waals surface area contributed by atoms with E-state index >= 15 is 0 Å². The van der Waals surface area contributed by atoms with Gasteiger partial charge in [-0.2, -0.15) is 4.68 Å². The van der Waals surface area contributed by atoms with E-state index in [1.54, 1.807) is 43.5 Å². The minimum absolute atomic E-state index is 0.104. The van der Waals surface area contributed by atoms with E-state index in [0.29, 0.717) is 22.3 Å². The molecule has 0 atom stereocenters. The second-order valence-corrected chi connectivity index (χ2v) is 5.86. The highest BCUT2D eigenvalue weighted by Gasteiger charge is 2.12. The highest BCUT2D eigenvalue weighted by molar-refractivity contribution is 7.99. The van der Waals surface area contributed by atoms with Gasteiger partial charge >= 0.3 is 0 Å². The molecule has 7 nitrogen and oxygen atoms in total. The molecule has 3 rings (SSSR count). The van der Waals surface area contributed by atoms with Crippen molar-refractivity contribution in [1.29, 1.82) is 0 Å². The van der Waals surface area contributed by atoms with Gasteiger partial charge in [-0.3, -0.25) is 4.79 Å². The maximum absolute atomic E-state index is 13.3. The molecular weight excluding hydrogens is 345 g/mol. The van der Waals surface area contributed by atoms with Crippen molar-refractivity contribution in [1.82, 2.24) is 20.2 Å². The van der Waals surface area contributed by atoms with Crippen LogP contribution in [-0.4, -0.2) is 39.0 Å². The zero-order chi connectivity index (χ0) is 17.6. The van der Waals surface area contributed by atoms with E-state index in [9.17, 15) is 9.18 Å². The standard InChI is InChI=1S/C16H14FN5O2S/c1-24-14-7-3-5-12(9-14)18-15(23)10-25-16-19-20-21-22(16)13-6-2-4-11(17)8-13/h2-9H,10H2,1H3,(H,18,23). The predicted molar refractivity (Wildman–Crippen MR) is 91.5 cm³/mol. The molecule has 0 aliphatic carbocycles.